The van der Waals surface area contributed by atoms with E-state index in [1.165, 1.54) is 6.92 Å². The van der Waals surface area contributed by atoms with Gasteiger partial charge in [0.2, 0.25) is 0 Å². The zero-order valence-corrected chi connectivity index (χ0v) is 10.9. The second-order valence-corrected chi connectivity index (χ2v) is 4.93. The van der Waals surface area contributed by atoms with Gasteiger partial charge in [-0.1, -0.05) is 30.3 Å². The number of carbonyl (C=O) groups excluding carboxylic acids is 1. The minimum Gasteiger partial charge on any atom is -0.463 e. The van der Waals surface area contributed by atoms with Gasteiger partial charge in [-0.3, -0.25) is 4.79 Å². The molecule has 1 rings (SSSR count). The van der Waals surface area contributed by atoms with E-state index in [2.05, 4.69) is 0 Å². The van der Waals surface area contributed by atoms with Crippen molar-refractivity contribution >= 4 is 5.97 Å². The summed E-state index contributed by atoms with van der Waals surface area (Å²) in [5.41, 5.74) is 0.740. The lowest BCUT2D eigenvalue weighted by Crippen LogP contribution is -2.25. The molecule has 0 fully saturated rings. The van der Waals surface area contributed by atoms with Crippen LogP contribution < -0.4 is 0 Å². The Bertz CT molecular complexity index is 351. The molecular weight excluding hydrogens is 216 g/mol. The van der Waals surface area contributed by atoms with E-state index in [0.717, 1.165) is 5.56 Å². The molecule has 3 heteroatoms. The molecule has 0 spiro atoms. The van der Waals surface area contributed by atoms with E-state index < -0.39 is 0 Å². The normalized spacial score (nSPS) is 13.2. The van der Waals surface area contributed by atoms with Gasteiger partial charge >= 0.3 is 5.97 Å². The van der Waals surface area contributed by atoms with E-state index in [1.807, 2.05) is 51.1 Å². The maximum absolute atomic E-state index is 10.9. The van der Waals surface area contributed by atoms with Crippen LogP contribution in [0.4, 0.5) is 0 Å². The second-order valence-electron chi connectivity index (χ2n) is 4.93. The van der Waals surface area contributed by atoms with Crippen LogP contribution in [0.3, 0.4) is 0 Å². The molecule has 0 N–H and O–H groups in total. The zero-order chi connectivity index (χ0) is 12.9. The van der Waals surface area contributed by atoms with Crippen LogP contribution >= 0.6 is 0 Å². The van der Waals surface area contributed by atoms with Crippen LogP contribution in [0.5, 0.6) is 0 Å². The summed E-state index contributed by atoms with van der Waals surface area (Å²) in [7, 11) is 0. The number of benzene rings is 1. The molecular formula is C14H20O3. The van der Waals surface area contributed by atoms with Crippen molar-refractivity contribution in [1.82, 2.24) is 0 Å². The Labute approximate surface area is 103 Å². The molecule has 0 amide bonds. The van der Waals surface area contributed by atoms with Crippen molar-refractivity contribution in [3.8, 4) is 0 Å². The number of hydrogen-bond acceptors (Lipinski definition) is 3. The van der Waals surface area contributed by atoms with Crippen LogP contribution in [0.2, 0.25) is 0 Å². The van der Waals surface area contributed by atoms with Crippen LogP contribution in [0, 0.1) is 0 Å². The van der Waals surface area contributed by atoms with Crippen LogP contribution in [0.15, 0.2) is 30.3 Å². The third-order valence-electron chi connectivity index (χ3n) is 2.11. The lowest BCUT2D eigenvalue weighted by Gasteiger charge is -2.27. The Kier molecular flexibility index (Phi) is 4.70. The van der Waals surface area contributed by atoms with Gasteiger partial charge in [0.1, 0.15) is 12.7 Å². The van der Waals surface area contributed by atoms with Gasteiger partial charge in [0.15, 0.2) is 0 Å². The highest BCUT2D eigenvalue weighted by Crippen LogP contribution is 2.24. The highest BCUT2D eigenvalue weighted by molar-refractivity contribution is 5.65. The Morgan fingerprint density at radius 2 is 1.82 bits per heavy atom. The molecule has 0 saturated carbocycles. The number of ether oxygens (including phenoxy) is 2. The SMILES string of the molecule is CC(=O)OC[C@H](OC(C)(C)C)c1ccccc1. The molecule has 1 aromatic rings. The maximum atomic E-state index is 10.9. The summed E-state index contributed by atoms with van der Waals surface area (Å²) >= 11 is 0. The molecule has 1 atom stereocenters. The third kappa shape index (κ3) is 5.50. The van der Waals surface area contributed by atoms with Crippen molar-refractivity contribution in [3.63, 3.8) is 0 Å². The summed E-state index contributed by atoms with van der Waals surface area (Å²) in [5, 5.41) is 0. The molecule has 94 valence electrons. The molecule has 0 unspecified atom stereocenters. The van der Waals surface area contributed by atoms with Crippen molar-refractivity contribution in [2.45, 2.75) is 39.4 Å². The lowest BCUT2D eigenvalue weighted by molar-refractivity contribution is -0.150. The fourth-order valence-electron chi connectivity index (χ4n) is 1.49. The Hall–Kier alpha value is -1.35. The van der Waals surface area contributed by atoms with Crippen molar-refractivity contribution in [2.24, 2.45) is 0 Å². The van der Waals surface area contributed by atoms with E-state index in [9.17, 15) is 4.79 Å². The Balaban J connectivity index is 2.75. The monoisotopic (exact) mass is 236 g/mol. The van der Waals surface area contributed by atoms with E-state index in [4.69, 9.17) is 9.47 Å². The highest BCUT2D eigenvalue weighted by Gasteiger charge is 2.21. The molecule has 0 heterocycles. The first-order valence-corrected chi connectivity index (χ1v) is 5.74. The fraction of sp³-hybridized carbons (Fsp3) is 0.500. The number of carbonyl (C=O) groups is 1. The minimum atomic E-state index is -0.288. The van der Waals surface area contributed by atoms with Gasteiger partial charge in [-0.2, -0.15) is 0 Å². The first-order valence-electron chi connectivity index (χ1n) is 5.74. The van der Waals surface area contributed by atoms with Gasteiger partial charge in [0, 0.05) is 6.92 Å². The second kappa shape index (κ2) is 5.82. The largest absolute Gasteiger partial charge is 0.463 e. The summed E-state index contributed by atoms with van der Waals surface area (Å²) in [6.07, 6.45) is -0.222. The summed E-state index contributed by atoms with van der Waals surface area (Å²) in [4.78, 5) is 10.9. The summed E-state index contributed by atoms with van der Waals surface area (Å²) < 4.78 is 10.9. The van der Waals surface area contributed by atoms with Gasteiger partial charge in [-0.25, -0.2) is 0 Å². The van der Waals surface area contributed by atoms with Gasteiger partial charge in [-0.15, -0.1) is 0 Å². The van der Waals surface area contributed by atoms with E-state index in [0.29, 0.717) is 0 Å². The van der Waals surface area contributed by atoms with Crippen molar-refractivity contribution in [3.05, 3.63) is 35.9 Å². The molecule has 0 saturated heterocycles. The molecule has 3 nitrogen and oxygen atoms in total. The van der Waals surface area contributed by atoms with Gasteiger partial charge in [0.05, 0.1) is 5.60 Å². The minimum absolute atomic E-state index is 0.222. The summed E-state index contributed by atoms with van der Waals surface area (Å²) in [6, 6.07) is 9.79. The first-order chi connectivity index (χ1) is 7.88. The van der Waals surface area contributed by atoms with Crippen molar-refractivity contribution in [1.29, 1.82) is 0 Å². The molecule has 0 aliphatic carbocycles. The third-order valence-corrected chi connectivity index (χ3v) is 2.11. The standard InChI is InChI=1S/C14H20O3/c1-11(15)16-10-13(17-14(2,3)4)12-8-6-5-7-9-12/h5-9,13H,10H2,1-4H3/t13-/m0/s1. The number of esters is 1. The van der Waals surface area contributed by atoms with E-state index in [1.54, 1.807) is 0 Å². The Morgan fingerprint density at radius 1 is 1.24 bits per heavy atom. The summed E-state index contributed by atoms with van der Waals surface area (Å²) in [6.45, 7) is 7.60. The number of rotatable bonds is 4. The average molecular weight is 236 g/mol. The molecule has 1 aromatic carbocycles. The van der Waals surface area contributed by atoms with Gasteiger partial charge in [-0.05, 0) is 26.3 Å². The predicted octanol–water partition coefficient (Wildman–Crippen LogP) is 3.11. The molecule has 17 heavy (non-hydrogen) atoms. The topological polar surface area (TPSA) is 35.5 Å². The van der Waals surface area contributed by atoms with Gasteiger partial charge in [0.25, 0.3) is 0 Å². The van der Waals surface area contributed by atoms with Crippen LogP contribution in [0.25, 0.3) is 0 Å². The smallest absolute Gasteiger partial charge is 0.302 e. The van der Waals surface area contributed by atoms with Crippen molar-refractivity contribution < 1.29 is 14.3 Å². The van der Waals surface area contributed by atoms with Crippen molar-refractivity contribution in [2.75, 3.05) is 6.61 Å². The van der Waals surface area contributed by atoms with Crippen LogP contribution in [0.1, 0.15) is 39.4 Å². The lowest BCUT2D eigenvalue weighted by atomic mass is 10.1. The molecule has 0 radical (unpaired) electrons. The number of hydrogen-bond donors (Lipinski definition) is 0. The molecule has 0 aliphatic heterocycles. The van der Waals surface area contributed by atoms with E-state index in [-0.39, 0.29) is 24.3 Å². The van der Waals surface area contributed by atoms with Crippen LogP contribution in [-0.4, -0.2) is 18.2 Å². The predicted molar refractivity (Wildman–Crippen MR) is 66.7 cm³/mol. The maximum Gasteiger partial charge on any atom is 0.302 e. The molecule has 0 bridgehead atoms. The van der Waals surface area contributed by atoms with Gasteiger partial charge < -0.3 is 9.47 Å². The Morgan fingerprint density at radius 3 is 2.29 bits per heavy atom. The first kappa shape index (κ1) is 13.7. The highest BCUT2D eigenvalue weighted by atomic mass is 16.6. The molecule has 0 aliphatic rings. The van der Waals surface area contributed by atoms with Crippen LogP contribution in [-0.2, 0) is 14.3 Å². The van der Waals surface area contributed by atoms with E-state index >= 15 is 0 Å². The fourth-order valence-corrected chi connectivity index (χ4v) is 1.49. The quantitative estimate of drug-likeness (QED) is 0.753. The summed E-state index contributed by atoms with van der Waals surface area (Å²) in [5.74, 6) is -0.288. The zero-order valence-electron chi connectivity index (χ0n) is 10.9. The molecule has 0 aromatic heterocycles. The average Bonchev–Trinajstić information content (AvgIpc) is 2.24.